The van der Waals surface area contributed by atoms with Crippen molar-refractivity contribution >= 4 is 17.9 Å². The molecule has 0 aliphatic rings. The predicted octanol–water partition coefficient (Wildman–Crippen LogP) is 23.1. The summed E-state index contributed by atoms with van der Waals surface area (Å²) in [5, 5.41) is 0. The molecule has 6 heteroatoms. The fourth-order valence-electron chi connectivity index (χ4n) is 9.96. The van der Waals surface area contributed by atoms with Gasteiger partial charge in [-0.3, -0.25) is 14.4 Å². The number of esters is 3. The van der Waals surface area contributed by atoms with E-state index in [0.29, 0.717) is 19.3 Å². The molecule has 1 unspecified atom stereocenters. The number of ether oxygens (including phenoxy) is 3. The highest BCUT2D eigenvalue weighted by Gasteiger charge is 2.19. The topological polar surface area (TPSA) is 78.9 Å². The zero-order chi connectivity index (χ0) is 55.7. The monoisotopic (exact) mass is 1080 g/mol. The van der Waals surface area contributed by atoms with Crippen molar-refractivity contribution in [1.82, 2.24) is 0 Å². The molecule has 0 aromatic rings. The van der Waals surface area contributed by atoms with Crippen molar-refractivity contribution in [2.45, 2.75) is 361 Å². The first-order valence-corrected chi connectivity index (χ1v) is 33.8. The molecule has 0 fully saturated rings. The molecule has 0 amide bonds. The van der Waals surface area contributed by atoms with E-state index in [-0.39, 0.29) is 31.1 Å². The van der Waals surface area contributed by atoms with E-state index in [4.69, 9.17) is 14.2 Å². The number of rotatable bonds is 62. The summed E-state index contributed by atoms with van der Waals surface area (Å²) in [4.78, 5) is 38.2. The van der Waals surface area contributed by atoms with Gasteiger partial charge >= 0.3 is 17.9 Å². The van der Waals surface area contributed by atoms with Gasteiger partial charge in [-0.25, -0.2) is 0 Å². The van der Waals surface area contributed by atoms with Gasteiger partial charge in [0, 0.05) is 19.3 Å². The molecule has 0 bridgehead atoms. The van der Waals surface area contributed by atoms with Crippen LogP contribution in [0.15, 0.2) is 60.8 Å². The molecule has 0 heterocycles. The average molecular weight is 1080 g/mol. The van der Waals surface area contributed by atoms with Crippen molar-refractivity contribution in [1.29, 1.82) is 0 Å². The lowest BCUT2D eigenvalue weighted by atomic mass is 10.0. The Kier molecular flexibility index (Phi) is 63.2. The second-order valence-electron chi connectivity index (χ2n) is 22.7. The highest BCUT2D eigenvalue weighted by atomic mass is 16.6. The van der Waals surface area contributed by atoms with Gasteiger partial charge in [0.15, 0.2) is 6.10 Å². The van der Waals surface area contributed by atoms with Crippen LogP contribution in [-0.4, -0.2) is 37.2 Å². The Hall–Kier alpha value is -2.89. The number of hydrogen-bond acceptors (Lipinski definition) is 6. The van der Waals surface area contributed by atoms with E-state index in [1.807, 2.05) is 0 Å². The Morgan fingerprint density at radius 2 is 0.506 bits per heavy atom. The molecule has 77 heavy (non-hydrogen) atoms. The summed E-state index contributed by atoms with van der Waals surface area (Å²) < 4.78 is 16.9. The molecule has 0 saturated heterocycles. The smallest absolute Gasteiger partial charge is 0.306 e. The lowest BCUT2D eigenvalue weighted by molar-refractivity contribution is -0.167. The number of unbranched alkanes of at least 4 members (excludes halogenated alkanes) is 41. The van der Waals surface area contributed by atoms with Crippen LogP contribution >= 0.6 is 0 Å². The van der Waals surface area contributed by atoms with Crippen molar-refractivity contribution in [3.8, 4) is 0 Å². The molecule has 1 atom stereocenters. The Morgan fingerprint density at radius 3 is 0.805 bits per heavy atom. The van der Waals surface area contributed by atoms with Crippen LogP contribution in [0.3, 0.4) is 0 Å². The minimum absolute atomic E-state index is 0.0803. The molecule has 0 aliphatic carbocycles. The second-order valence-corrected chi connectivity index (χ2v) is 22.7. The van der Waals surface area contributed by atoms with E-state index in [9.17, 15) is 14.4 Å². The molecule has 0 saturated carbocycles. The Bertz CT molecular complexity index is 1380. The third kappa shape index (κ3) is 63.8. The number of hydrogen-bond donors (Lipinski definition) is 0. The van der Waals surface area contributed by atoms with Crippen LogP contribution in [0.5, 0.6) is 0 Å². The van der Waals surface area contributed by atoms with Crippen molar-refractivity contribution in [3.05, 3.63) is 60.8 Å². The lowest BCUT2D eigenvalue weighted by Crippen LogP contribution is -2.30. The van der Waals surface area contributed by atoms with E-state index >= 15 is 0 Å². The molecule has 6 nitrogen and oxygen atoms in total. The van der Waals surface area contributed by atoms with Crippen LogP contribution in [0.4, 0.5) is 0 Å². The van der Waals surface area contributed by atoms with Gasteiger partial charge in [-0.1, -0.05) is 313 Å². The van der Waals surface area contributed by atoms with Gasteiger partial charge in [-0.05, 0) is 83.5 Å². The van der Waals surface area contributed by atoms with Crippen molar-refractivity contribution < 1.29 is 28.6 Å². The molecule has 448 valence electrons. The van der Waals surface area contributed by atoms with E-state index in [2.05, 4.69) is 81.5 Å². The SMILES string of the molecule is CC/C=C\C/C=C\C/C=C\C/C=C\CCCCCCC(=O)OC(COC(=O)CCCCCCCCCCC)COC(=O)CCCCCCCCCCCCCCCCCCCCCCC/C=C\CCCCCCCCCC. The molecular weight excluding hydrogens is 949 g/mol. The number of carbonyl (C=O) groups excluding carboxylic acids is 3. The summed E-state index contributed by atoms with van der Waals surface area (Å²) in [5.74, 6) is -0.890. The van der Waals surface area contributed by atoms with Gasteiger partial charge in [-0.15, -0.1) is 0 Å². The standard InChI is InChI=1S/C71H128O6/c1-4-7-10-13-16-19-21-23-25-27-28-29-30-31-32-33-34-35-36-37-38-39-40-41-42-44-45-47-49-52-55-58-61-64-70(73)76-67-68(66-75-69(72)63-60-57-54-51-18-15-12-9-6-3)77-71(74)65-62-59-56-53-50-48-46-43-26-24-22-20-17-14-11-8-5-2/h8,11,17,20,24,26-28,46,48,68H,4-7,9-10,12-16,18-19,21-23,25,29-45,47,49-67H2,1-3H3/b11-8-,20-17-,26-24-,28-27-,48-46-. The predicted molar refractivity (Wildman–Crippen MR) is 335 cm³/mol. The van der Waals surface area contributed by atoms with Gasteiger partial charge in [0.2, 0.25) is 0 Å². The number of allylic oxidation sites excluding steroid dienone is 10. The number of carbonyl (C=O) groups is 3. The fourth-order valence-corrected chi connectivity index (χ4v) is 9.96. The molecule has 0 spiro atoms. The minimum Gasteiger partial charge on any atom is -0.462 e. The first-order valence-electron chi connectivity index (χ1n) is 33.8. The van der Waals surface area contributed by atoms with Gasteiger partial charge in [0.1, 0.15) is 13.2 Å². The van der Waals surface area contributed by atoms with E-state index in [1.165, 1.54) is 218 Å². The van der Waals surface area contributed by atoms with Crippen molar-refractivity contribution in [3.63, 3.8) is 0 Å². The molecule has 0 aliphatic heterocycles. The van der Waals surface area contributed by atoms with Gasteiger partial charge in [0.25, 0.3) is 0 Å². The van der Waals surface area contributed by atoms with Crippen molar-refractivity contribution in [2.24, 2.45) is 0 Å². The molecule has 0 rings (SSSR count). The Balaban J connectivity index is 4.05. The Labute approximate surface area is 479 Å². The summed E-state index contributed by atoms with van der Waals surface area (Å²) in [5.41, 5.74) is 0. The fraction of sp³-hybridized carbons (Fsp3) is 0.817. The minimum atomic E-state index is -0.784. The van der Waals surface area contributed by atoms with Crippen LogP contribution in [0.1, 0.15) is 355 Å². The molecule has 0 radical (unpaired) electrons. The zero-order valence-electron chi connectivity index (χ0n) is 51.5. The van der Waals surface area contributed by atoms with Gasteiger partial charge < -0.3 is 14.2 Å². The third-order valence-electron chi connectivity index (χ3n) is 15.0. The van der Waals surface area contributed by atoms with Gasteiger partial charge in [-0.2, -0.15) is 0 Å². The van der Waals surface area contributed by atoms with Crippen LogP contribution in [0.2, 0.25) is 0 Å². The van der Waals surface area contributed by atoms with Crippen molar-refractivity contribution in [2.75, 3.05) is 13.2 Å². The Morgan fingerprint density at radius 1 is 0.273 bits per heavy atom. The first-order chi connectivity index (χ1) is 38.0. The molecule has 0 aromatic carbocycles. The summed E-state index contributed by atoms with van der Waals surface area (Å²) in [6.45, 7) is 6.53. The van der Waals surface area contributed by atoms with Crippen LogP contribution in [0, 0.1) is 0 Å². The van der Waals surface area contributed by atoms with E-state index < -0.39 is 6.10 Å². The maximum atomic E-state index is 12.9. The summed E-state index contributed by atoms with van der Waals surface area (Å²) in [7, 11) is 0. The molecular formula is C71H128O6. The van der Waals surface area contributed by atoms with Crippen LogP contribution in [0.25, 0.3) is 0 Å². The molecule has 0 aromatic heterocycles. The normalized spacial score (nSPS) is 12.4. The summed E-state index contributed by atoms with van der Waals surface area (Å²) >= 11 is 0. The van der Waals surface area contributed by atoms with E-state index in [1.54, 1.807) is 0 Å². The highest BCUT2D eigenvalue weighted by Crippen LogP contribution is 2.18. The van der Waals surface area contributed by atoms with Gasteiger partial charge in [0.05, 0.1) is 0 Å². The van der Waals surface area contributed by atoms with E-state index in [0.717, 1.165) is 96.3 Å². The first kappa shape index (κ1) is 74.1. The maximum absolute atomic E-state index is 12.9. The zero-order valence-corrected chi connectivity index (χ0v) is 51.5. The lowest BCUT2D eigenvalue weighted by Gasteiger charge is -2.18. The average Bonchev–Trinajstić information content (AvgIpc) is 3.43. The van der Waals surface area contributed by atoms with Crippen LogP contribution < -0.4 is 0 Å². The second kappa shape index (κ2) is 65.6. The largest absolute Gasteiger partial charge is 0.462 e. The van der Waals surface area contributed by atoms with Crippen LogP contribution in [-0.2, 0) is 28.6 Å². The summed E-state index contributed by atoms with van der Waals surface area (Å²) in [6, 6.07) is 0. The third-order valence-corrected chi connectivity index (χ3v) is 15.0. The maximum Gasteiger partial charge on any atom is 0.306 e. The highest BCUT2D eigenvalue weighted by molar-refractivity contribution is 5.71. The molecule has 0 N–H and O–H groups in total. The summed E-state index contributed by atoms with van der Waals surface area (Å²) in [6.07, 6.45) is 84.2. The quantitative estimate of drug-likeness (QED) is 0.0261.